The molecule has 0 aliphatic rings. The summed E-state index contributed by atoms with van der Waals surface area (Å²) in [5, 5.41) is 2.81. The molecule has 0 radical (unpaired) electrons. The molecule has 2 rings (SSSR count). The van der Waals surface area contributed by atoms with Gasteiger partial charge in [-0.25, -0.2) is 4.98 Å². The number of carbonyl (C=O) groups excluding carboxylic acids is 1. The number of rotatable bonds is 3. The molecule has 0 aliphatic heterocycles. The number of imidazole rings is 1. The maximum atomic E-state index is 11.8. The van der Waals surface area contributed by atoms with E-state index in [9.17, 15) is 4.79 Å². The van der Waals surface area contributed by atoms with E-state index in [4.69, 9.17) is 5.73 Å². The summed E-state index contributed by atoms with van der Waals surface area (Å²) in [5.41, 5.74) is 8.17. The first kappa shape index (κ1) is 12.2. The topological polar surface area (TPSA) is 72.9 Å². The largest absolute Gasteiger partial charge is 0.398 e. The molecule has 0 atom stereocenters. The molecule has 0 spiro atoms. The van der Waals surface area contributed by atoms with Gasteiger partial charge in [0, 0.05) is 23.8 Å². The summed E-state index contributed by atoms with van der Waals surface area (Å²) in [4.78, 5) is 15.9. The van der Waals surface area contributed by atoms with E-state index in [-0.39, 0.29) is 12.5 Å². The normalized spacial score (nSPS) is 10.3. The lowest BCUT2D eigenvalue weighted by Gasteiger charge is -2.08. The molecule has 1 aromatic carbocycles. The number of amides is 1. The Morgan fingerprint density at radius 2 is 2.22 bits per heavy atom. The van der Waals surface area contributed by atoms with Crippen molar-refractivity contribution in [1.82, 2.24) is 9.55 Å². The lowest BCUT2D eigenvalue weighted by Crippen LogP contribution is -2.19. The second-order valence-corrected chi connectivity index (χ2v) is 4.22. The van der Waals surface area contributed by atoms with Crippen LogP contribution < -0.4 is 11.1 Å². The van der Waals surface area contributed by atoms with Crippen LogP contribution in [0.2, 0.25) is 0 Å². The van der Waals surface area contributed by atoms with E-state index >= 15 is 0 Å². The van der Waals surface area contributed by atoms with Crippen molar-refractivity contribution in [2.45, 2.75) is 20.4 Å². The Bertz CT molecular complexity index is 574. The van der Waals surface area contributed by atoms with Gasteiger partial charge in [-0.3, -0.25) is 4.79 Å². The molecule has 0 unspecified atom stereocenters. The van der Waals surface area contributed by atoms with Gasteiger partial charge in [0.15, 0.2) is 0 Å². The second-order valence-electron chi connectivity index (χ2n) is 4.22. The lowest BCUT2D eigenvalue weighted by molar-refractivity contribution is -0.116. The van der Waals surface area contributed by atoms with Crippen LogP contribution in [0.1, 0.15) is 11.4 Å². The van der Waals surface area contributed by atoms with Gasteiger partial charge in [-0.15, -0.1) is 0 Å². The van der Waals surface area contributed by atoms with Gasteiger partial charge in [0.05, 0.1) is 0 Å². The number of nitrogen functional groups attached to an aromatic ring is 1. The molecule has 0 aliphatic carbocycles. The molecule has 0 fully saturated rings. The highest BCUT2D eigenvalue weighted by molar-refractivity contribution is 5.91. The Labute approximate surface area is 106 Å². The van der Waals surface area contributed by atoms with Crippen LogP contribution in [0.3, 0.4) is 0 Å². The van der Waals surface area contributed by atoms with E-state index in [1.54, 1.807) is 23.0 Å². The number of nitrogens with two attached hydrogens (primary N) is 1. The van der Waals surface area contributed by atoms with Gasteiger partial charge in [-0.1, -0.05) is 6.07 Å². The predicted molar refractivity (Wildman–Crippen MR) is 71.2 cm³/mol. The zero-order valence-corrected chi connectivity index (χ0v) is 10.5. The van der Waals surface area contributed by atoms with Crippen LogP contribution in [0.25, 0.3) is 0 Å². The minimum absolute atomic E-state index is 0.0978. The van der Waals surface area contributed by atoms with Gasteiger partial charge in [0.1, 0.15) is 12.4 Å². The zero-order valence-electron chi connectivity index (χ0n) is 10.5. The number of hydrogen-bond donors (Lipinski definition) is 2. The Morgan fingerprint density at radius 3 is 2.83 bits per heavy atom. The number of benzene rings is 1. The molecule has 18 heavy (non-hydrogen) atoms. The van der Waals surface area contributed by atoms with Crippen LogP contribution in [0.4, 0.5) is 11.4 Å². The second kappa shape index (κ2) is 4.91. The Kier molecular flexibility index (Phi) is 3.32. The van der Waals surface area contributed by atoms with E-state index in [1.165, 1.54) is 0 Å². The third-order valence-electron chi connectivity index (χ3n) is 2.80. The fourth-order valence-corrected chi connectivity index (χ4v) is 1.64. The van der Waals surface area contributed by atoms with E-state index in [1.807, 2.05) is 26.0 Å². The summed E-state index contributed by atoms with van der Waals surface area (Å²) in [6.07, 6.45) is 3.45. The van der Waals surface area contributed by atoms with Gasteiger partial charge in [0.2, 0.25) is 5.91 Å². The molecular formula is C13H16N4O. The molecule has 1 aromatic heterocycles. The van der Waals surface area contributed by atoms with Gasteiger partial charge in [-0.2, -0.15) is 0 Å². The van der Waals surface area contributed by atoms with E-state index in [0.29, 0.717) is 11.4 Å². The number of anilines is 2. The number of hydrogen-bond acceptors (Lipinski definition) is 3. The minimum atomic E-state index is -0.0978. The Hall–Kier alpha value is -2.30. The van der Waals surface area contributed by atoms with Crippen molar-refractivity contribution in [2.75, 3.05) is 11.1 Å². The van der Waals surface area contributed by atoms with Crippen LogP contribution in [-0.2, 0) is 11.3 Å². The number of aryl methyl sites for hydroxylation is 2. The van der Waals surface area contributed by atoms with Crippen LogP contribution in [-0.4, -0.2) is 15.5 Å². The first-order valence-electron chi connectivity index (χ1n) is 5.70. The van der Waals surface area contributed by atoms with E-state index < -0.39 is 0 Å². The van der Waals surface area contributed by atoms with Crippen LogP contribution in [0, 0.1) is 13.8 Å². The zero-order chi connectivity index (χ0) is 13.1. The minimum Gasteiger partial charge on any atom is -0.398 e. The maximum absolute atomic E-state index is 11.8. The summed E-state index contributed by atoms with van der Waals surface area (Å²) in [6, 6.07) is 5.48. The standard InChI is InChI=1S/C13H16N4O/c1-9-3-4-11(7-12(9)14)16-13(18)8-17-6-5-15-10(17)2/h3-7H,8,14H2,1-2H3,(H,16,18). The van der Waals surface area contributed by atoms with E-state index in [0.717, 1.165) is 11.4 Å². The fraction of sp³-hybridized carbons (Fsp3) is 0.231. The molecule has 3 N–H and O–H groups in total. The molecule has 0 saturated carbocycles. The van der Waals surface area contributed by atoms with Crippen molar-refractivity contribution >= 4 is 17.3 Å². The summed E-state index contributed by atoms with van der Waals surface area (Å²) in [6.45, 7) is 4.03. The van der Waals surface area contributed by atoms with Crippen LogP contribution >= 0.6 is 0 Å². The van der Waals surface area contributed by atoms with Gasteiger partial charge < -0.3 is 15.6 Å². The molecule has 5 nitrogen and oxygen atoms in total. The molecule has 1 heterocycles. The first-order chi connectivity index (χ1) is 8.56. The van der Waals surface area contributed by atoms with Gasteiger partial charge in [-0.05, 0) is 31.5 Å². The lowest BCUT2D eigenvalue weighted by atomic mass is 10.2. The quantitative estimate of drug-likeness (QED) is 0.807. The van der Waals surface area contributed by atoms with E-state index in [2.05, 4.69) is 10.3 Å². The highest BCUT2D eigenvalue weighted by Crippen LogP contribution is 2.16. The van der Waals surface area contributed by atoms with Crippen molar-refractivity contribution < 1.29 is 4.79 Å². The van der Waals surface area contributed by atoms with Crippen LogP contribution in [0.15, 0.2) is 30.6 Å². The highest BCUT2D eigenvalue weighted by Gasteiger charge is 2.06. The molecule has 0 saturated heterocycles. The SMILES string of the molecule is Cc1ccc(NC(=O)Cn2ccnc2C)cc1N. The number of nitrogens with one attached hydrogen (secondary N) is 1. The molecule has 1 amide bonds. The van der Waals surface area contributed by atoms with Crippen molar-refractivity contribution in [2.24, 2.45) is 0 Å². The number of aromatic nitrogens is 2. The molecule has 94 valence electrons. The average molecular weight is 244 g/mol. The molecular weight excluding hydrogens is 228 g/mol. The highest BCUT2D eigenvalue weighted by atomic mass is 16.1. The summed E-state index contributed by atoms with van der Waals surface area (Å²) < 4.78 is 1.78. The Balaban J connectivity index is 2.03. The van der Waals surface area contributed by atoms with Gasteiger partial charge in [0.25, 0.3) is 0 Å². The molecule has 2 aromatic rings. The molecule has 5 heteroatoms. The third-order valence-corrected chi connectivity index (χ3v) is 2.80. The van der Waals surface area contributed by atoms with Crippen molar-refractivity contribution in [1.29, 1.82) is 0 Å². The third kappa shape index (κ3) is 2.68. The van der Waals surface area contributed by atoms with Crippen molar-refractivity contribution in [3.05, 3.63) is 42.0 Å². The number of nitrogens with zero attached hydrogens (tertiary/aromatic N) is 2. The smallest absolute Gasteiger partial charge is 0.244 e. The average Bonchev–Trinajstić information content (AvgIpc) is 2.70. The summed E-state index contributed by atoms with van der Waals surface area (Å²) in [7, 11) is 0. The van der Waals surface area contributed by atoms with Crippen molar-refractivity contribution in [3.8, 4) is 0 Å². The predicted octanol–water partition coefficient (Wildman–Crippen LogP) is 1.72. The van der Waals surface area contributed by atoms with Crippen molar-refractivity contribution in [3.63, 3.8) is 0 Å². The maximum Gasteiger partial charge on any atom is 0.244 e. The Morgan fingerprint density at radius 1 is 1.44 bits per heavy atom. The summed E-state index contributed by atoms with van der Waals surface area (Å²) in [5.74, 6) is 0.716. The summed E-state index contributed by atoms with van der Waals surface area (Å²) >= 11 is 0. The van der Waals surface area contributed by atoms with Gasteiger partial charge >= 0.3 is 0 Å². The number of carbonyl (C=O) groups is 1. The monoisotopic (exact) mass is 244 g/mol. The molecule has 0 bridgehead atoms. The first-order valence-corrected chi connectivity index (χ1v) is 5.70. The van der Waals surface area contributed by atoms with Crippen LogP contribution in [0.5, 0.6) is 0 Å². The fourth-order valence-electron chi connectivity index (χ4n) is 1.64.